The van der Waals surface area contributed by atoms with Crippen molar-refractivity contribution in [3.05, 3.63) is 60.9 Å². The zero-order chi connectivity index (χ0) is 12.8. The Morgan fingerprint density at radius 3 is 2.67 bits per heavy atom. The van der Waals surface area contributed by atoms with Crippen LogP contribution >= 0.6 is 0 Å². The average molecular weight is 244 g/mol. The minimum Gasteiger partial charge on any atom is -0.466 e. The monoisotopic (exact) mass is 244 g/mol. The highest BCUT2D eigenvalue weighted by molar-refractivity contribution is 5.25. The van der Waals surface area contributed by atoms with Crippen LogP contribution in [-0.2, 0) is 9.47 Å². The van der Waals surface area contributed by atoms with Gasteiger partial charge in [0.1, 0.15) is 0 Å². The molecule has 0 aromatic carbocycles. The smallest absolute Gasteiger partial charge is 0.239 e. The predicted octanol–water partition coefficient (Wildman–Crippen LogP) is 3.75. The molecule has 1 aliphatic carbocycles. The molecule has 0 saturated carbocycles. The first-order chi connectivity index (χ1) is 8.80. The minimum atomic E-state index is -0.685. The van der Waals surface area contributed by atoms with Gasteiger partial charge in [0, 0.05) is 13.0 Å². The fourth-order valence-corrected chi connectivity index (χ4v) is 2.15. The van der Waals surface area contributed by atoms with Crippen LogP contribution in [0.3, 0.4) is 0 Å². The van der Waals surface area contributed by atoms with Gasteiger partial charge in [0.25, 0.3) is 0 Å². The van der Waals surface area contributed by atoms with Gasteiger partial charge >= 0.3 is 0 Å². The minimum absolute atomic E-state index is 0.132. The molecule has 2 rings (SSSR count). The summed E-state index contributed by atoms with van der Waals surface area (Å²) in [7, 11) is 1.68. The van der Waals surface area contributed by atoms with E-state index in [2.05, 4.69) is 49.5 Å². The molecule has 0 saturated heterocycles. The summed E-state index contributed by atoms with van der Waals surface area (Å²) >= 11 is 0. The van der Waals surface area contributed by atoms with E-state index in [1.807, 2.05) is 12.2 Å². The van der Waals surface area contributed by atoms with Crippen molar-refractivity contribution in [1.82, 2.24) is 0 Å². The highest BCUT2D eigenvalue weighted by Gasteiger charge is 2.38. The molecule has 1 heterocycles. The van der Waals surface area contributed by atoms with E-state index in [1.165, 1.54) is 0 Å². The summed E-state index contributed by atoms with van der Waals surface area (Å²) in [6.07, 6.45) is 21.6. The molecular weight excluding hydrogens is 224 g/mol. The largest absolute Gasteiger partial charge is 0.466 e. The van der Waals surface area contributed by atoms with Crippen LogP contribution in [0.5, 0.6) is 0 Å². The fraction of sp³-hybridized carbons (Fsp3) is 0.375. The quantitative estimate of drug-likeness (QED) is 0.686. The average Bonchev–Trinajstić information content (AvgIpc) is 3.04. The molecule has 0 N–H and O–H groups in total. The topological polar surface area (TPSA) is 18.5 Å². The molecule has 1 aliphatic heterocycles. The Morgan fingerprint density at radius 2 is 2.00 bits per heavy atom. The maximum atomic E-state index is 5.67. The highest BCUT2D eigenvalue weighted by Crippen LogP contribution is 2.34. The maximum absolute atomic E-state index is 5.67. The van der Waals surface area contributed by atoms with E-state index in [-0.39, 0.29) is 5.92 Å². The molecule has 0 bridgehead atoms. The van der Waals surface area contributed by atoms with Crippen LogP contribution in [0.15, 0.2) is 60.9 Å². The first-order valence-electron chi connectivity index (χ1n) is 6.41. The van der Waals surface area contributed by atoms with Crippen molar-refractivity contribution in [3.8, 4) is 0 Å². The molecule has 0 spiro atoms. The van der Waals surface area contributed by atoms with Gasteiger partial charge in [-0.25, -0.2) is 0 Å². The van der Waals surface area contributed by atoms with Gasteiger partial charge in [-0.1, -0.05) is 49.5 Å². The number of allylic oxidation sites excluding steroid dienone is 6. The molecule has 0 unspecified atom stereocenters. The van der Waals surface area contributed by atoms with E-state index >= 15 is 0 Å². The summed E-state index contributed by atoms with van der Waals surface area (Å²) in [6, 6.07) is 0. The first kappa shape index (κ1) is 12.9. The van der Waals surface area contributed by atoms with Crippen LogP contribution in [-0.4, -0.2) is 12.9 Å². The molecule has 0 radical (unpaired) electrons. The zero-order valence-electron chi connectivity index (χ0n) is 11.0. The Kier molecular flexibility index (Phi) is 4.21. The maximum Gasteiger partial charge on any atom is 0.239 e. The van der Waals surface area contributed by atoms with E-state index in [1.54, 1.807) is 13.4 Å². The third-order valence-corrected chi connectivity index (χ3v) is 3.23. The van der Waals surface area contributed by atoms with Crippen molar-refractivity contribution in [2.45, 2.75) is 19.1 Å². The van der Waals surface area contributed by atoms with Gasteiger partial charge in [-0.3, -0.25) is 0 Å². The summed E-state index contributed by atoms with van der Waals surface area (Å²) in [5, 5.41) is 0. The summed E-state index contributed by atoms with van der Waals surface area (Å²) in [5.74, 6) is -0.208. The third-order valence-electron chi connectivity index (χ3n) is 3.23. The Morgan fingerprint density at radius 1 is 1.22 bits per heavy atom. The lowest BCUT2D eigenvalue weighted by Gasteiger charge is -2.28. The van der Waals surface area contributed by atoms with Gasteiger partial charge in [-0.2, -0.15) is 0 Å². The van der Waals surface area contributed by atoms with Crippen molar-refractivity contribution in [1.29, 1.82) is 0 Å². The predicted molar refractivity (Wildman–Crippen MR) is 73.8 cm³/mol. The SMILES string of the molecule is CC/C=C/[C@@H]1C=CO[C@@]1(/C=C/C1C=CC=C1)OC. The van der Waals surface area contributed by atoms with E-state index in [0.717, 1.165) is 6.42 Å². The number of rotatable bonds is 5. The Balaban J connectivity index is 2.11. The van der Waals surface area contributed by atoms with Crippen LogP contribution in [0, 0.1) is 11.8 Å². The van der Waals surface area contributed by atoms with Crippen molar-refractivity contribution in [2.24, 2.45) is 11.8 Å². The molecule has 2 atom stereocenters. The Labute approximate surface area is 109 Å². The molecule has 2 nitrogen and oxygen atoms in total. The second-order valence-electron chi connectivity index (χ2n) is 4.44. The normalized spacial score (nSPS) is 31.1. The van der Waals surface area contributed by atoms with Crippen molar-refractivity contribution >= 4 is 0 Å². The second-order valence-corrected chi connectivity index (χ2v) is 4.44. The molecule has 0 amide bonds. The second kappa shape index (κ2) is 5.87. The standard InChI is InChI=1S/C16H20O2/c1-3-4-9-15-11-13-18-16(15,17-2)12-10-14-7-5-6-8-14/h4-15H,3H2,1-2H3/b9-4+,12-10+/t15-,16-/m1/s1. The summed E-state index contributed by atoms with van der Waals surface area (Å²) in [4.78, 5) is 0. The summed E-state index contributed by atoms with van der Waals surface area (Å²) in [5.41, 5.74) is 0. The van der Waals surface area contributed by atoms with E-state index in [0.29, 0.717) is 5.92 Å². The van der Waals surface area contributed by atoms with E-state index in [9.17, 15) is 0 Å². The first-order valence-corrected chi connectivity index (χ1v) is 6.41. The molecule has 2 aliphatic rings. The highest BCUT2D eigenvalue weighted by atomic mass is 16.7. The van der Waals surface area contributed by atoms with Crippen LogP contribution < -0.4 is 0 Å². The lowest BCUT2D eigenvalue weighted by Crippen LogP contribution is -2.34. The zero-order valence-corrected chi connectivity index (χ0v) is 11.0. The molecular formula is C16H20O2. The lowest BCUT2D eigenvalue weighted by atomic mass is 9.97. The van der Waals surface area contributed by atoms with Gasteiger partial charge in [0.15, 0.2) is 0 Å². The molecule has 18 heavy (non-hydrogen) atoms. The lowest BCUT2D eigenvalue weighted by molar-refractivity contribution is -0.154. The molecule has 96 valence electrons. The molecule has 0 aromatic rings. The number of hydrogen-bond donors (Lipinski definition) is 0. The molecule has 2 heteroatoms. The Hall–Kier alpha value is -1.54. The van der Waals surface area contributed by atoms with E-state index < -0.39 is 5.79 Å². The Bertz CT molecular complexity index is 403. The molecule has 0 fully saturated rings. The number of ether oxygens (including phenoxy) is 2. The van der Waals surface area contributed by atoms with Gasteiger partial charge < -0.3 is 9.47 Å². The fourth-order valence-electron chi connectivity index (χ4n) is 2.15. The summed E-state index contributed by atoms with van der Waals surface area (Å²) in [6.45, 7) is 2.12. The van der Waals surface area contributed by atoms with Crippen molar-refractivity contribution < 1.29 is 9.47 Å². The van der Waals surface area contributed by atoms with Gasteiger partial charge in [-0.15, -0.1) is 0 Å². The summed E-state index contributed by atoms with van der Waals surface area (Å²) < 4.78 is 11.3. The van der Waals surface area contributed by atoms with Crippen LogP contribution in [0.1, 0.15) is 13.3 Å². The van der Waals surface area contributed by atoms with Gasteiger partial charge in [0.2, 0.25) is 5.79 Å². The third kappa shape index (κ3) is 2.65. The van der Waals surface area contributed by atoms with E-state index in [4.69, 9.17) is 9.47 Å². The number of hydrogen-bond acceptors (Lipinski definition) is 2. The molecule has 0 aromatic heterocycles. The van der Waals surface area contributed by atoms with Gasteiger partial charge in [0.05, 0.1) is 12.2 Å². The van der Waals surface area contributed by atoms with Crippen LogP contribution in [0.25, 0.3) is 0 Å². The van der Waals surface area contributed by atoms with Crippen LogP contribution in [0.4, 0.5) is 0 Å². The number of methoxy groups -OCH3 is 1. The van der Waals surface area contributed by atoms with Crippen molar-refractivity contribution in [3.63, 3.8) is 0 Å². The van der Waals surface area contributed by atoms with Crippen molar-refractivity contribution in [2.75, 3.05) is 7.11 Å². The van der Waals surface area contributed by atoms with Gasteiger partial charge in [-0.05, 0) is 18.6 Å². The van der Waals surface area contributed by atoms with Crippen LogP contribution in [0.2, 0.25) is 0 Å².